The third-order valence-electron chi connectivity index (χ3n) is 3.48. The lowest BCUT2D eigenvalue weighted by Crippen LogP contribution is -2.17. The maximum Gasteiger partial charge on any atom is 0.161 e. The van der Waals surface area contributed by atoms with Crippen LogP contribution in [0, 0.1) is 0 Å². The molecule has 3 nitrogen and oxygen atoms in total. The molecule has 1 aromatic rings. The van der Waals surface area contributed by atoms with E-state index >= 15 is 0 Å². The molecular formula is C14H17BrO3. The summed E-state index contributed by atoms with van der Waals surface area (Å²) in [5.41, 5.74) is 1.19. The number of rotatable bonds is 2. The molecule has 0 bridgehead atoms. The van der Waals surface area contributed by atoms with Gasteiger partial charge in [0.15, 0.2) is 11.5 Å². The molecule has 0 aliphatic carbocycles. The molecule has 18 heavy (non-hydrogen) atoms. The van der Waals surface area contributed by atoms with Gasteiger partial charge in [-0.15, -0.1) is 0 Å². The van der Waals surface area contributed by atoms with Crippen LogP contribution in [-0.2, 0) is 4.74 Å². The van der Waals surface area contributed by atoms with Gasteiger partial charge in [-0.05, 0) is 37.5 Å². The highest BCUT2D eigenvalue weighted by Gasteiger charge is 2.29. The Hall–Kier alpha value is -0.740. The third kappa shape index (κ3) is 2.36. The summed E-state index contributed by atoms with van der Waals surface area (Å²) in [5, 5.41) is 0. The van der Waals surface area contributed by atoms with Crippen LogP contribution in [0.1, 0.15) is 30.2 Å². The molecule has 2 aliphatic rings. The van der Waals surface area contributed by atoms with Crippen LogP contribution in [0.3, 0.4) is 0 Å². The Morgan fingerprint density at radius 2 is 1.94 bits per heavy atom. The summed E-state index contributed by atoms with van der Waals surface area (Å²) in [6, 6.07) is 6.12. The molecule has 2 aliphatic heterocycles. The normalized spacial score (nSPS) is 28.1. The molecule has 1 fully saturated rings. The van der Waals surface area contributed by atoms with E-state index in [4.69, 9.17) is 14.2 Å². The van der Waals surface area contributed by atoms with E-state index < -0.39 is 0 Å². The molecule has 3 atom stereocenters. The Kier molecular flexibility index (Phi) is 3.48. The minimum absolute atomic E-state index is 0.221. The fourth-order valence-corrected chi connectivity index (χ4v) is 3.17. The summed E-state index contributed by atoms with van der Waals surface area (Å²) in [4.78, 5) is 0.221. The van der Waals surface area contributed by atoms with Crippen LogP contribution in [0.4, 0.5) is 0 Å². The fourth-order valence-electron chi connectivity index (χ4n) is 2.49. The predicted octanol–water partition coefficient (Wildman–Crippen LogP) is 3.46. The first kappa shape index (κ1) is 12.3. The number of hydrogen-bond acceptors (Lipinski definition) is 3. The van der Waals surface area contributed by atoms with Gasteiger partial charge in [-0.25, -0.2) is 0 Å². The van der Waals surface area contributed by atoms with Crippen LogP contribution in [0.25, 0.3) is 0 Å². The molecule has 0 radical (unpaired) electrons. The zero-order valence-electron chi connectivity index (χ0n) is 10.4. The first-order valence-corrected chi connectivity index (χ1v) is 7.34. The van der Waals surface area contributed by atoms with Crippen molar-refractivity contribution in [1.82, 2.24) is 0 Å². The highest BCUT2D eigenvalue weighted by molar-refractivity contribution is 9.09. The number of alkyl halides is 1. The van der Waals surface area contributed by atoms with E-state index in [1.165, 1.54) is 5.56 Å². The Morgan fingerprint density at radius 3 is 2.67 bits per heavy atom. The molecule has 0 spiro atoms. The molecule has 0 amide bonds. The Labute approximate surface area is 116 Å². The molecule has 0 saturated carbocycles. The molecule has 3 rings (SSSR count). The first-order chi connectivity index (χ1) is 8.74. The van der Waals surface area contributed by atoms with Crippen LogP contribution in [0.15, 0.2) is 18.2 Å². The van der Waals surface area contributed by atoms with Crippen molar-refractivity contribution in [2.75, 3.05) is 13.2 Å². The van der Waals surface area contributed by atoms with E-state index in [0.29, 0.717) is 19.3 Å². The maximum atomic E-state index is 5.90. The number of hydrogen-bond donors (Lipinski definition) is 0. The van der Waals surface area contributed by atoms with Crippen molar-refractivity contribution in [2.24, 2.45) is 0 Å². The highest BCUT2D eigenvalue weighted by Crippen LogP contribution is 2.40. The Morgan fingerprint density at radius 1 is 1.17 bits per heavy atom. The lowest BCUT2D eigenvalue weighted by molar-refractivity contribution is 0.0556. The minimum Gasteiger partial charge on any atom is -0.486 e. The summed E-state index contributed by atoms with van der Waals surface area (Å²) in [5.74, 6) is 1.68. The highest BCUT2D eigenvalue weighted by atomic mass is 79.9. The largest absolute Gasteiger partial charge is 0.486 e. The first-order valence-electron chi connectivity index (χ1n) is 6.43. The Balaban J connectivity index is 1.79. The van der Waals surface area contributed by atoms with E-state index in [2.05, 4.69) is 35.0 Å². The standard InChI is InChI=1S/C14H17BrO3/c1-9-2-4-12(18-9)14(15)10-3-5-11-13(8-10)17-7-6-16-11/h3,5,8-9,12,14H,2,4,6-7H2,1H3. The van der Waals surface area contributed by atoms with E-state index in [0.717, 1.165) is 24.3 Å². The summed E-state index contributed by atoms with van der Waals surface area (Å²) >= 11 is 3.75. The number of ether oxygens (including phenoxy) is 3. The van der Waals surface area contributed by atoms with E-state index in [9.17, 15) is 0 Å². The maximum absolute atomic E-state index is 5.90. The molecule has 98 valence electrons. The van der Waals surface area contributed by atoms with Crippen LogP contribution in [0.5, 0.6) is 11.5 Å². The van der Waals surface area contributed by atoms with E-state index in [1.807, 2.05) is 6.07 Å². The topological polar surface area (TPSA) is 27.7 Å². The van der Waals surface area contributed by atoms with Gasteiger partial charge in [0.2, 0.25) is 0 Å². The number of benzene rings is 1. The van der Waals surface area contributed by atoms with Gasteiger partial charge in [-0.3, -0.25) is 0 Å². The van der Waals surface area contributed by atoms with Gasteiger partial charge in [-0.1, -0.05) is 22.0 Å². The van der Waals surface area contributed by atoms with Crippen molar-refractivity contribution in [2.45, 2.75) is 36.8 Å². The van der Waals surface area contributed by atoms with Gasteiger partial charge >= 0.3 is 0 Å². The SMILES string of the molecule is CC1CCC(C(Br)c2ccc3c(c2)OCCO3)O1. The van der Waals surface area contributed by atoms with Crippen LogP contribution < -0.4 is 9.47 Å². The second-order valence-corrected chi connectivity index (χ2v) is 5.85. The van der Waals surface area contributed by atoms with Gasteiger partial charge in [0.25, 0.3) is 0 Å². The lowest BCUT2D eigenvalue weighted by atomic mass is 10.0. The van der Waals surface area contributed by atoms with E-state index in [-0.39, 0.29) is 10.9 Å². The second-order valence-electron chi connectivity index (χ2n) is 4.87. The summed E-state index contributed by atoms with van der Waals surface area (Å²) in [7, 11) is 0. The third-order valence-corrected chi connectivity index (χ3v) is 4.59. The average Bonchev–Trinajstić information content (AvgIpc) is 2.84. The smallest absolute Gasteiger partial charge is 0.161 e. The zero-order chi connectivity index (χ0) is 12.5. The number of fused-ring (bicyclic) bond motifs is 1. The minimum atomic E-state index is 0.221. The summed E-state index contributed by atoms with van der Waals surface area (Å²) in [6.07, 6.45) is 2.86. The molecule has 1 saturated heterocycles. The van der Waals surface area contributed by atoms with Gasteiger partial charge in [-0.2, -0.15) is 0 Å². The predicted molar refractivity (Wildman–Crippen MR) is 72.7 cm³/mol. The van der Waals surface area contributed by atoms with Gasteiger partial charge < -0.3 is 14.2 Å². The average molecular weight is 313 g/mol. The molecular weight excluding hydrogens is 296 g/mol. The lowest BCUT2D eigenvalue weighted by Gasteiger charge is -2.22. The van der Waals surface area contributed by atoms with Crippen molar-refractivity contribution in [3.8, 4) is 11.5 Å². The summed E-state index contributed by atoms with van der Waals surface area (Å²) < 4.78 is 17.0. The van der Waals surface area contributed by atoms with Crippen molar-refractivity contribution in [3.05, 3.63) is 23.8 Å². The molecule has 1 aromatic carbocycles. The fraction of sp³-hybridized carbons (Fsp3) is 0.571. The molecule has 3 unspecified atom stereocenters. The molecule has 2 heterocycles. The quantitative estimate of drug-likeness (QED) is 0.783. The van der Waals surface area contributed by atoms with E-state index in [1.54, 1.807) is 0 Å². The van der Waals surface area contributed by atoms with Crippen LogP contribution in [-0.4, -0.2) is 25.4 Å². The second kappa shape index (κ2) is 5.10. The van der Waals surface area contributed by atoms with Gasteiger partial charge in [0.1, 0.15) is 13.2 Å². The van der Waals surface area contributed by atoms with Gasteiger partial charge in [0, 0.05) is 0 Å². The Bertz CT molecular complexity index is 435. The van der Waals surface area contributed by atoms with Crippen LogP contribution >= 0.6 is 15.9 Å². The van der Waals surface area contributed by atoms with Crippen molar-refractivity contribution < 1.29 is 14.2 Å². The van der Waals surface area contributed by atoms with Crippen molar-refractivity contribution >= 4 is 15.9 Å². The van der Waals surface area contributed by atoms with Gasteiger partial charge in [0.05, 0.1) is 17.0 Å². The molecule has 0 N–H and O–H groups in total. The molecule has 4 heteroatoms. The molecule has 0 aromatic heterocycles. The zero-order valence-corrected chi connectivity index (χ0v) is 12.0. The summed E-state index contributed by atoms with van der Waals surface area (Å²) in [6.45, 7) is 3.39. The van der Waals surface area contributed by atoms with Crippen LogP contribution in [0.2, 0.25) is 0 Å². The monoisotopic (exact) mass is 312 g/mol. The van der Waals surface area contributed by atoms with Crippen molar-refractivity contribution in [1.29, 1.82) is 0 Å². The van der Waals surface area contributed by atoms with Crippen molar-refractivity contribution in [3.63, 3.8) is 0 Å². The number of halogens is 1.